The number of ketones is 1. The Kier molecular flexibility index (Phi) is 5.60. The molecule has 1 aliphatic heterocycles. The third-order valence-corrected chi connectivity index (χ3v) is 3.04. The maximum Gasteiger partial charge on any atom is 0.177 e. The fourth-order valence-corrected chi connectivity index (χ4v) is 1.98. The molecule has 4 heteroatoms. The number of carbonyl (C=O) groups excluding carboxylic acids is 1. The Hall–Kier alpha value is -1.45. The lowest BCUT2D eigenvalue weighted by Gasteiger charge is -2.27. The summed E-state index contributed by atoms with van der Waals surface area (Å²) in [5.74, 6) is -0.253. The van der Waals surface area contributed by atoms with Gasteiger partial charge in [0.2, 0.25) is 0 Å². The van der Waals surface area contributed by atoms with Crippen molar-refractivity contribution in [2.75, 3.05) is 13.1 Å². The molecule has 4 nitrogen and oxygen atoms in total. The molecule has 0 aromatic carbocycles. The van der Waals surface area contributed by atoms with Gasteiger partial charge in [0.1, 0.15) is 0 Å². The average Bonchev–Trinajstić information content (AvgIpc) is 2.25. The molecule has 1 aliphatic rings. The van der Waals surface area contributed by atoms with Crippen molar-refractivity contribution < 1.29 is 4.79 Å². The summed E-state index contributed by atoms with van der Waals surface area (Å²) in [6.45, 7) is 3.23. The zero-order valence-electron chi connectivity index (χ0n) is 10.5. The lowest BCUT2D eigenvalue weighted by atomic mass is 10.1. The topological polar surface area (TPSA) is 68.0 Å². The van der Waals surface area contributed by atoms with Crippen molar-refractivity contribution in [2.24, 2.45) is 0 Å². The van der Waals surface area contributed by atoms with Gasteiger partial charge in [-0.2, -0.15) is 0 Å². The van der Waals surface area contributed by atoms with E-state index >= 15 is 0 Å². The number of hydrogen-bond donors (Lipinski definition) is 2. The largest absolute Gasteiger partial charge is 0.370 e. The molecule has 1 saturated heterocycles. The van der Waals surface area contributed by atoms with Crippen molar-refractivity contribution in [1.82, 2.24) is 4.90 Å². The van der Waals surface area contributed by atoms with Gasteiger partial charge in [0, 0.05) is 26.2 Å². The number of hydrogen-bond acceptors (Lipinski definition) is 4. The second-order valence-corrected chi connectivity index (χ2v) is 4.44. The molecule has 0 aromatic rings. The van der Waals surface area contributed by atoms with Crippen LogP contribution in [-0.4, -0.2) is 35.7 Å². The highest BCUT2D eigenvalue weighted by Gasteiger charge is 2.11. The highest BCUT2D eigenvalue weighted by atomic mass is 16.1. The van der Waals surface area contributed by atoms with Crippen LogP contribution in [0.5, 0.6) is 0 Å². The van der Waals surface area contributed by atoms with Gasteiger partial charge in [0.15, 0.2) is 5.78 Å². The van der Waals surface area contributed by atoms with E-state index in [0.29, 0.717) is 5.70 Å². The molecule has 0 bridgehead atoms. The smallest absolute Gasteiger partial charge is 0.177 e. The normalized spacial score (nSPS) is 18.2. The highest BCUT2D eigenvalue weighted by Crippen LogP contribution is 2.14. The van der Waals surface area contributed by atoms with Crippen LogP contribution >= 0.6 is 0 Å². The summed E-state index contributed by atoms with van der Waals surface area (Å²) in [5.41, 5.74) is 0.664. The van der Waals surface area contributed by atoms with Crippen LogP contribution in [0.25, 0.3) is 0 Å². The SMILES string of the molecule is CC(=O)C(=N)/C=C(\C=N)N1CCCCCCC1. The third kappa shape index (κ3) is 4.51. The molecule has 1 fully saturated rings. The number of rotatable bonds is 4. The molecule has 17 heavy (non-hydrogen) atoms. The Balaban J connectivity index is 2.73. The Morgan fingerprint density at radius 3 is 2.12 bits per heavy atom. The Labute approximate surface area is 103 Å². The maximum atomic E-state index is 11.0. The van der Waals surface area contributed by atoms with E-state index in [1.165, 1.54) is 38.5 Å². The number of allylic oxidation sites excluding steroid dienone is 2. The summed E-state index contributed by atoms with van der Waals surface area (Å²) in [6.07, 6.45) is 8.76. The van der Waals surface area contributed by atoms with E-state index < -0.39 is 0 Å². The molecule has 0 aromatic heterocycles. The van der Waals surface area contributed by atoms with Crippen LogP contribution in [0.2, 0.25) is 0 Å². The van der Waals surface area contributed by atoms with E-state index in [4.69, 9.17) is 10.8 Å². The van der Waals surface area contributed by atoms with Crippen molar-refractivity contribution in [1.29, 1.82) is 10.8 Å². The van der Waals surface area contributed by atoms with E-state index in [-0.39, 0.29) is 11.5 Å². The monoisotopic (exact) mass is 235 g/mol. The van der Waals surface area contributed by atoms with Gasteiger partial charge in [-0.3, -0.25) is 10.2 Å². The number of Topliss-reactive ketones (excluding diaryl/α,β-unsaturated/α-hetero) is 1. The predicted octanol–water partition coefficient (Wildman–Crippen LogP) is 2.39. The highest BCUT2D eigenvalue weighted by molar-refractivity contribution is 6.42. The van der Waals surface area contributed by atoms with Crippen LogP contribution in [0, 0.1) is 10.8 Å². The lowest BCUT2D eigenvalue weighted by Crippen LogP contribution is -2.28. The molecule has 0 radical (unpaired) electrons. The summed E-state index contributed by atoms with van der Waals surface area (Å²) >= 11 is 0. The lowest BCUT2D eigenvalue weighted by molar-refractivity contribution is -0.111. The molecular formula is C13H21N3O. The molecule has 0 spiro atoms. The van der Waals surface area contributed by atoms with Crippen molar-refractivity contribution in [2.45, 2.75) is 39.0 Å². The maximum absolute atomic E-state index is 11.0. The first kappa shape index (κ1) is 13.6. The van der Waals surface area contributed by atoms with Gasteiger partial charge in [-0.15, -0.1) is 0 Å². The molecule has 0 saturated carbocycles. The number of nitrogens with zero attached hydrogens (tertiary/aromatic N) is 1. The van der Waals surface area contributed by atoms with Gasteiger partial charge < -0.3 is 10.3 Å². The fourth-order valence-electron chi connectivity index (χ4n) is 1.98. The van der Waals surface area contributed by atoms with Crippen LogP contribution in [0.3, 0.4) is 0 Å². The van der Waals surface area contributed by atoms with E-state index in [2.05, 4.69) is 4.90 Å². The van der Waals surface area contributed by atoms with Crippen LogP contribution in [0.1, 0.15) is 39.0 Å². The summed E-state index contributed by atoms with van der Waals surface area (Å²) in [6, 6.07) is 0. The van der Waals surface area contributed by atoms with Crippen LogP contribution < -0.4 is 0 Å². The standard InChI is InChI=1S/C13H21N3O/c1-11(17)13(15)9-12(10-14)16-7-5-3-2-4-6-8-16/h9-10,14-15H,2-8H2,1H3/b12-9+,14-10?,15-13?. The van der Waals surface area contributed by atoms with Crippen LogP contribution in [-0.2, 0) is 4.79 Å². The first-order chi connectivity index (χ1) is 8.15. The van der Waals surface area contributed by atoms with Gasteiger partial charge in [0.25, 0.3) is 0 Å². The van der Waals surface area contributed by atoms with E-state index in [0.717, 1.165) is 25.9 Å². The number of carbonyl (C=O) groups is 1. The van der Waals surface area contributed by atoms with E-state index in [9.17, 15) is 4.79 Å². The molecule has 0 unspecified atom stereocenters. The third-order valence-electron chi connectivity index (χ3n) is 3.04. The molecule has 94 valence electrons. The average molecular weight is 235 g/mol. The number of likely N-dealkylation sites (tertiary alicyclic amines) is 1. The first-order valence-electron chi connectivity index (χ1n) is 6.21. The molecule has 0 aliphatic carbocycles. The van der Waals surface area contributed by atoms with Gasteiger partial charge in [-0.1, -0.05) is 19.3 Å². The molecular weight excluding hydrogens is 214 g/mol. The zero-order valence-corrected chi connectivity index (χ0v) is 10.5. The second kappa shape index (κ2) is 6.99. The van der Waals surface area contributed by atoms with Gasteiger partial charge >= 0.3 is 0 Å². The molecule has 0 amide bonds. The second-order valence-electron chi connectivity index (χ2n) is 4.44. The van der Waals surface area contributed by atoms with Gasteiger partial charge in [-0.25, -0.2) is 0 Å². The summed E-state index contributed by atoms with van der Waals surface area (Å²) < 4.78 is 0. The molecule has 0 atom stereocenters. The van der Waals surface area contributed by atoms with Crippen molar-refractivity contribution >= 4 is 17.7 Å². The predicted molar refractivity (Wildman–Crippen MR) is 69.9 cm³/mol. The molecule has 1 heterocycles. The Bertz CT molecular complexity index is 326. The minimum Gasteiger partial charge on any atom is -0.370 e. The van der Waals surface area contributed by atoms with E-state index in [1.54, 1.807) is 0 Å². The summed E-state index contributed by atoms with van der Waals surface area (Å²) in [5, 5.41) is 15.0. The van der Waals surface area contributed by atoms with Gasteiger partial charge in [0.05, 0.1) is 11.4 Å². The van der Waals surface area contributed by atoms with Crippen LogP contribution in [0.15, 0.2) is 11.8 Å². The van der Waals surface area contributed by atoms with Crippen molar-refractivity contribution in [3.8, 4) is 0 Å². The molecule has 2 N–H and O–H groups in total. The minimum atomic E-state index is -0.253. The Morgan fingerprint density at radius 1 is 1.12 bits per heavy atom. The molecule has 1 rings (SSSR count). The zero-order chi connectivity index (χ0) is 12.7. The Morgan fingerprint density at radius 2 is 1.65 bits per heavy atom. The van der Waals surface area contributed by atoms with E-state index in [1.807, 2.05) is 0 Å². The minimum absolute atomic E-state index is 0.0226. The van der Waals surface area contributed by atoms with Crippen molar-refractivity contribution in [3.05, 3.63) is 11.8 Å². The van der Waals surface area contributed by atoms with Gasteiger partial charge in [-0.05, 0) is 18.9 Å². The van der Waals surface area contributed by atoms with Crippen molar-refractivity contribution in [3.63, 3.8) is 0 Å². The fraction of sp³-hybridized carbons (Fsp3) is 0.615. The first-order valence-corrected chi connectivity index (χ1v) is 6.21. The summed E-state index contributed by atoms with van der Waals surface area (Å²) in [4.78, 5) is 13.2. The van der Waals surface area contributed by atoms with Crippen LogP contribution in [0.4, 0.5) is 0 Å². The number of nitrogens with one attached hydrogen (secondary N) is 2. The summed E-state index contributed by atoms with van der Waals surface area (Å²) in [7, 11) is 0. The quantitative estimate of drug-likeness (QED) is 0.735.